The van der Waals surface area contributed by atoms with Crippen LogP contribution in [0.25, 0.3) is 0 Å². The lowest BCUT2D eigenvalue weighted by atomic mass is 10.3. The van der Waals surface area contributed by atoms with Gasteiger partial charge in [-0.25, -0.2) is 0 Å². The summed E-state index contributed by atoms with van der Waals surface area (Å²) >= 11 is 0. The first-order valence-electron chi connectivity index (χ1n) is 4.75. The van der Waals surface area contributed by atoms with Gasteiger partial charge >= 0.3 is 0 Å². The number of anilines is 1. The minimum Gasteiger partial charge on any atom is -0.489 e. The van der Waals surface area contributed by atoms with E-state index in [4.69, 9.17) is 10.5 Å². The minimum atomic E-state index is 0.189. The molecule has 0 aliphatic heterocycles. The molecule has 3 heteroatoms. The molecule has 0 spiro atoms. The van der Waals surface area contributed by atoms with Crippen LogP contribution in [0.1, 0.15) is 6.92 Å². The quantitative estimate of drug-likeness (QED) is 0.740. The van der Waals surface area contributed by atoms with Crippen LogP contribution in [0.2, 0.25) is 0 Å². The van der Waals surface area contributed by atoms with E-state index in [2.05, 4.69) is 11.8 Å². The van der Waals surface area contributed by atoms with Crippen molar-refractivity contribution in [2.45, 2.75) is 13.0 Å². The van der Waals surface area contributed by atoms with E-state index in [1.54, 1.807) is 0 Å². The molecule has 2 N–H and O–H groups in total. The predicted molar refractivity (Wildman–Crippen MR) is 59.5 cm³/mol. The van der Waals surface area contributed by atoms with Gasteiger partial charge in [-0.1, -0.05) is 0 Å². The molecule has 0 bridgehead atoms. The highest BCUT2D eigenvalue weighted by Gasteiger charge is 2.04. The highest BCUT2D eigenvalue weighted by molar-refractivity contribution is 5.41. The summed E-state index contributed by atoms with van der Waals surface area (Å²) < 4.78 is 5.68. The molecule has 0 heterocycles. The summed E-state index contributed by atoms with van der Waals surface area (Å²) in [6.07, 6.45) is 0.189. The van der Waals surface area contributed by atoms with E-state index in [1.807, 2.05) is 38.4 Å². The summed E-state index contributed by atoms with van der Waals surface area (Å²) in [5.41, 5.74) is 6.34. The monoisotopic (exact) mass is 194 g/mol. The fourth-order valence-corrected chi connectivity index (χ4v) is 1.33. The average molecular weight is 194 g/mol. The Bertz CT molecular complexity index is 269. The van der Waals surface area contributed by atoms with E-state index in [-0.39, 0.29) is 6.10 Å². The number of hydrogen-bond acceptors (Lipinski definition) is 3. The number of nitrogens with two attached hydrogens (primary N) is 1. The molecule has 1 aromatic rings. The van der Waals surface area contributed by atoms with Gasteiger partial charge in [0.1, 0.15) is 11.9 Å². The molecule has 0 fully saturated rings. The molecule has 14 heavy (non-hydrogen) atoms. The van der Waals surface area contributed by atoms with Crippen molar-refractivity contribution in [3.05, 3.63) is 24.3 Å². The zero-order chi connectivity index (χ0) is 10.6. The maximum absolute atomic E-state index is 5.68. The number of likely N-dealkylation sites (N-methyl/N-ethyl adjacent to an activating group) is 1. The molecule has 3 nitrogen and oxygen atoms in total. The lowest BCUT2D eigenvalue weighted by Crippen LogP contribution is -2.27. The maximum atomic E-state index is 5.68. The number of nitrogens with zero attached hydrogens (tertiary/aromatic N) is 1. The Labute approximate surface area is 85.5 Å². The van der Waals surface area contributed by atoms with E-state index in [0.717, 1.165) is 18.0 Å². The summed E-state index contributed by atoms with van der Waals surface area (Å²) in [7, 11) is 4.06. The fraction of sp³-hybridized carbons (Fsp3) is 0.455. The molecule has 0 aromatic heterocycles. The predicted octanol–water partition coefficient (Wildman–Crippen LogP) is 1.60. The molecule has 1 atom stereocenters. The highest BCUT2D eigenvalue weighted by Crippen LogP contribution is 2.14. The lowest BCUT2D eigenvalue weighted by molar-refractivity contribution is 0.177. The highest BCUT2D eigenvalue weighted by atomic mass is 16.5. The van der Waals surface area contributed by atoms with Gasteiger partial charge in [0.25, 0.3) is 0 Å². The second-order valence-corrected chi connectivity index (χ2v) is 3.76. The summed E-state index contributed by atoms with van der Waals surface area (Å²) in [6, 6.07) is 7.47. The van der Waals surface area contributed by atoms with Crippen molar-refractivity contribution >= 4 is 5.69 Å². The van der Waals surface area contributed by atoms with Crippen molar-refractivity contribution in [1.29, 1.82) is 0 Å². The minimum absolute atomic E-state index is 0.189. The Balaban J connectivity index is 2.47. The molecule has 1 unspecified atom stereocenters. The van der Waals surface area contributed by atoms with Crippen LogP contribution < -0.4 is 10.5 Å². The third kappa shape index (κ3) is 3.66. The van der Waals surface area contributed by atoms with Crippen molar-refractivity contribution in [3.8, 4) is 5.75 Å². The van der Waals surface area contributed by atoms with Crippen LogP contribution in [0.3, 0.4) is 0 Å². The normalized spacial score (nSPS) is 12.9. The molecule has 0 radical (unpaired) electrons. The summed E-state index contributed by atoms with van der Waals surface area (Å²) in [5.74, 6) is 0.869. The smallest absolute Gasteiger partial charge is 0.119 e. The van der Waals surface area contributed by atoms with E-state index < -0.39 is 0 Å². The van der Waals surface area contributed by atoms with Crippen LogP contribution >= 0.6 is 0 Å². The van der Waals surface area contributed by atoms with Gasteiger partial charge in [-0.3, -0.25) is 0 Å². The van der Waals surface area contributed by atoms with Gasteiger partial charge in [-0.2, -0.15) is 0 Å². The summed E-state index contributed by atoms with van der Waals surface area (Å²) in [6.45, 7) is 2.96. The Morgan fingerprint density at radius 3 is 2.36 bits per heavy atom. The molecular formula is C11H18N2O. The van der Waals surface area contributed by atoms with Gasteiger partial charge in [0.2, 0.25) is 0 Å². The molecule has 0 saturated heterocycles. The average Bonchev–Trinajstić information content (AvgIpc) is 2.07. The first kappa shape index (κ1) is 10.9. The largest absolute Gasteiger partial charge is 0.489 e. The Morgan fingerprint density at radius 2 is 1.86 bits per heavy atom. The molecular weight excluding hydrogens is 176 g/mol. The van der Waals surface area contributed by atoms with Crippen LogP contribution in [-0.4, -0.2) is 31.6 Å². The van der Waals surface area contributed by atoms with E-state index in [0.29, 0.717) is 0 Å². The van der Waals surface area contributed by atoms with Crippen LogP contribution in [0.5, 0.6) is 5.75 Å². The molecule has 0 aliphatic rings. The van der Waals surface area contributed by atoms with Crippen LogP contribution in [0, 0.1) is 0 Å². The molecule has 1 aromatic carbocycles. The molecule has 0 aliphatic carbocycles. The van der Waals surface area contributed by atoms with Gasteiger partial charge in [0.05, 0.1) is 0 Å². The van der Waals surface area contributed by atoms with E-state index >= 15 is 0 Å². The number of nitrogen functional groups attached to an aromatic ring is 1. The first-order chi connectivity index (χ1) is 6.58. The van der Waals surface area contributed by atoms with Gasteiger partial charge < -0.3 is 15.4 Å². The Kier molecular flexibility index (Phi) is 3.77. The van der Waals surface area contributed by atoms with E-state index in [9.17, 15) is 0 Å². The Morgan fingerprint density at radius 1 is 1.29 bits per heavy atom. The zero-order valence-corrected chi connectivity index (χ0v) is 9.03. The summed E-state index contributed by atoms with van der Waals surface area (Å²) in [5, 5.41) is 0. The zero-order valence-electron chi connectivity index (χ0n) is 9.03. The van der Waals surface area contributed by atoms with Gasteiger partial charge in [0.15, 0.2) is 0 Å². The summed E-state index contributed by atoms with van der Waals surface area (Å²) in [4.78, 5) is 2.10. The lowest BCUT2D eigenvalue weighted by Gasteiger charge is -2.18. The third-order valence-corrected chi connectivity index (χ3v) is 1.84. The molecule has 1 rings (SSSR count). The van der Waals surface area contributed by atoms with Gasteiger partial charge in [0, 0.05) is 12.2 Å². The molecule has 78 valence electrons. The number of ether oxygens (including phenoxy) is 1. The van der Waals surface area contributed by atoms with Crippen molar-refractivity contribution in [3.63, 3.8) is 0 Å². The van der Waals surface area contributed by atoms with Crippen LogP contribution in [0.4, 0.5) is 5.69 Å². The topological polar surface area (TPSA) is 38.5 Å². The fourth-order valence-electron chi connectivity index (χ4n) is 1.33. The van der Waals surface area contributed by atoms with Crippen molar-refractivity contribution in [1.82, 2.24) is 4.90 Å². The number of rotatable bonds is 4. The van der Waals surface area contributed by atoms with Crippen molar-refractivity contribution in [2.24, 2.45) is 0 Å². The van der Waals surface area contributed by atoms with Crippen LogP contribution in [0.15, 0.2) is 24.3 Å². The number of hydrogen-bond donors (Lipinski definition) is 1. The standard InChI is InChI=1S/C11H18N2O/c1-9(8-13(2)3)14-11-6-4-10(12)5-7-11/h4-7,9H,8,12H2,1-3H3. The van der Waals surface area contributed by atoms with Gasteiger partial charge in [-0.05, 0) is 45.3 Å². The van der Waals surface area contributed by atoms with E-state index in [1.165, 1.54) is 0 Å². The van der Waals surface area contributed by atoms with Crippen molar-refractivity contribution in [2.75, 3.05) is 26.4 Å². The number of benzene rings is 1. The van der Waals surface area contributed by atoms with Crippen molar-refractivity contribution < 1.29 is 4.74 Å². The molecule has 0 amide bonds. The SMILES string of the molecule is CC(CN(C)C)Oc1ccc(N)cc1. The van der Waals surface area contributed by atoms with Gasteiger partial charge in [-0.15, -0.1) is 0 Å². The second kappa shape index (κ2) is 4.86. The Hall–Kier alpha value is -1.22. The maximum Gasteiger partial charge on any atom is 0.119 e. The third-order valence-electron chi connectivity index (χ3n) is 1.84. The molecule has 0 saturated carbocycles. The van der Waals surface area contributed by atoms with Crippen LogP contribution in [-0.2, 0) is 0 Å². The second-order valence-electron chi connectivity index (χ2n) is 3.76. The first-order valence-corrected chi connectivity index (χ1v) is 4.75.